The molecule has 5 aromatic carbocycles. The molecule has 0 spiro atoms. The second-order valence-electron chi connectivity index (χ2n) is 10.8. The van der Waals surface area contributed by atoms with Crippen molar-refractivity contribution >= 4 is 47.7 Å². The van der Waals surface area contributed by atoms with E-state index >= 15 is 0 Å². The molecule has 39 heavy (non-hydrogen) atoms. The first-order valence-electron chi connectivity index (χ1n) is 13.5. The molecule has 0 atom stereocenters. The van der Waals surface area contributed by atoms with Crippen molar-refractivity contribution in [1.29, 1.82) is 0 Å². The smallest absolute Gasteiger partial charge is 0.0920 e. The first-order valence-corrected chi connectivity index (χ1v) is 20.8. The Morgan fingerprint density at radius 1 is 0.872 bits per heavy atom. The Balaban J connectivity index is 0.000000184. The number of benzene rings is 4. The van der Waals surface area contributed by atoms with Gasteiger partial charge in [-0.3, -0.25) is 0 Å². The summed E-state index contributed by atoms with van der Waals surface area (Å²) in [5.41, 5.74) is 8.56. The van der Waals surface area contributed by atoms with Gasteiger partial charge in [-0.2, -0.15) is 35.5 Å². The Bertz CT molecular complexity index is 1460. The summed E-state index contributed by atoms with van der Waals surface area (Å²) in [5.74, 6) is 0. The summed E-state index contributed by atoms with van der Waals surface area (Å²) in [6.07, 6.45) is 3.70. The van der Waals surface area contributed by atoms with Gasteiger partial charge in [-0.05, 0) is 17.4 Å². The van der Waals surface area contributed by atoms with Crippen molar-refractivity contribution in [2.24, 2.45) is 0 Å². The minimum atomic E-state index is -0.826. The third-order valence-electron chi connectivity index (χ3n) is 6.97. The Labute approximate surface area is 255 Å². The van der Waals surface area contributed by atoms with Gasteiger partial charge in [-0.25, -0.2) is 0 Å². The number of hydrogen-bond donors (Lipinski definition) is 0. The second kappa shape index (κ2) is 14.2. The largest absolute Gasteiger partial charge is 0.184 e. The Morgan fingerprint density at radius 2 is 1.56 bits per heavy atom. The summed E-state index contributed by atoms with van der Waals surface area (Å²) < 4.78 is 0. The summed E-state index contributed by atoms with van der Waals surface area (Å²) in [4.78, 5) is 0. The number of rotatable bonds is 4. The van der Waals surface area contributed by atoms with Gasteiger partial charge in [0.15, 0.2) is 0 Å². The van der Waals surface area contributed by atoms with Crippen LogP contribution < -0.4 is 10.4 Å². The molecule has 2 radical (unpaired) electrons. The van der Waals surface area contributed by atoms with E-state index in [1.165, 1.54) is 73.8 Å². The fraction of sp³-hybridized carbons (Fsp3) is 0.229. The molecular formula is C35H34Cl2SiZr. The molecule has 0 nitrogen and oxygen atoms in total. The fourth-order valence-corrected chi connectivity index (χ4v) is 6.45. The van der Waals surface area contributed by atoms with E-state index in [9.17, 15) is 0 Å². The summed E-state index contributed by atoms with van der Waals surface area (Å²) in [6, 6.07) is 38.5. The van der Waals surface area contributed by atoms with E-state index < -0.39 is 20.8 Å². The molecule has 0 amide bonds. The first kappa shape index (κ1) is 30.1. The number of halogens is 2. The molecule has 0 aromatic heterocycles. The van der Waals surface area contributed by atoms with Crippen LogP contribution in [0.15, 0.2) is 97.1 Å². The molecule has 196 valence electrons. The van der Waals surface area contributed by atoms with Crippen LogP contribution in [-0.2, 0) is 32.7 Å². The van der Waals surface area contributed by atoms with Gasteiger partial charge in [-0.15, -0.1) is 40.1 Å². The van der Waals surface area contributed by atoms with Gasteiger partial charge in [0.25, 0.3) is 0 Å². The van der Waals surface area contributed by atoms with E-state index in [1.807, 2.05) is 6.07 Å². The van der Waals surface area contributed by atoms with Crippen molar-refractivity contribution < 1.29 is 20.8 Å². The first-order chi connectivity index (χ1) is 18.9. The van der Waals surface area contributed by atoms with Gasteiger partial charge in [-0.1, -0.05) is 117 Å². The average Bonchev–Trinajstić information content (AvgIpc) is 3.53. The molecular weight excluding hydrogens is 611 g/mol. The number of aryl methyl sites for hydroxylation is 1. The average molecular weight is 645 g/mol. The monoisotopic (exact) mass is 642 g/mol. The minimum Gasteiger partial charge on any atom is -0.184 e. The van der Waals surface area contributed by atoms with E-state index in [-0.39, 0.29) is 5.41 Å². The molecule has 1 aliphatic heterocycles. The zero-order chi connectivity index (χ0) is 27.8. The molecule has 0 saturated carbocycles. The van der Waals surface area contributed by atoms with Gasteiger partial charge in [0.05, 0.1) is 9.52 Å². The SMILES string of the molecule is CCCCc1cc2c(-c3ccccc3)c(C(C)(C)C)ccc2[cH-]1.[Cl][Zr+2][Cl].[c-]1cccc2c1[Si]c1ccccc1-2. The molecule has 1 heterocycles. The van der Waals surface area contributed by atoms with Crippen molar-refractivity contribution in [2.45, 2.75) is 52.4 Å². The number of unbranched alkanes of at least 4 members (excludes halogenated alkanes) is 1. The second-order valence-corrected chi connectivity index (χ2v) is 15.8. The molecule has 1 aliphatic rings. The van der Waals surface area contributed by atoms with E-state index in [0.29, 0.717) is 0 Å². The van der Waals surface area contributed by atoms with Crippen LogP contribution >= 0.6 is 17.0 Å². The molecule has 0 N–H and O–H groups in total. The Hall–Kier alpha value is -1.83. The van der Waals surface area contributed by atoms with Crippen LogP contribution in [0, 0.1) is 6.07 Å². The predicted molar refractivity (Wildman–Crippen MR) is 170 cm³/mol. The predicted octanol–water partition coefficient (Wildman–Crippen LogP) is 9.36. The van der Waals surface area contributed by atoms with Crippen LogP contribution in [0.1, 0.15) is 51.7 Å². The molecule has 6 rings (SSSR count). The third-order valence-corrected chi connectivity index (χ3v) is 8.34. The van der Waals surface area contributed by atoms with E-state index in [0.717, 1.165) is 9.52 Å². The zero-order valence-electron chi connectivity index (χ0n) is 23.1. The van der Waals surface area contributed by atoms with Gasteiger partial charge >= 0.3 is 37.9 Å². The van der Waals surface area contributed by atoms with Gasteiger partial charge in [0, 0.05) is 0 Å². The van der Waals surface area contributed by atoms with E-state index in [4.69, 9.17) is 17.0 Å². The zero-order valence-corrected chi connectivity index (χ0v) is 28.1. The number of hydrogen-bond acceptors (Lipinski definition) is 0. The topological polar surface area (TPSA) is 0 Å². The van der Waals surface area contributed by atoms with Gasteiger partial charge in [0.1, 0.15) is 0 Å². The summed E-state index contributed by atoms with van der Waals surface area (Å²) in [7, 11) is 10.7. The molecule has 0 unspecified atom stereocenters. The summed E-state index contributed by atoms with van der Waals surface area (Å²) in [5, 5.41) is 5.61. The van der Waals surface area contributed by atoms with Crippen molar-refractivity contribution in [2.75, 3.05) is 0 Å². The van der Waals surface area contributed by atoms with Crippen LogP contribution in [0.25, 0.3) is 33.0 Å². The number of fused-ring (bicyclic) bond motifs is 4. The maximum Gasteiger partial charge on any atom is 0.0920 e. The van der Waals surface area contributed by atoms with Crippen molar-refractivity contribution in [1.82, 2.24) is 0 Å². The standard InChI is InChI=1S/C23H27.C12H7Si.2ClH.Zr/c1-5-6-10-17-15-19-13-14-21(23(2,3)4)22(20(19)16-17)18-11-8-7-9-12-18;1-3-7-11-9(5-1)10-6-2-4-8-12(10)13-11;;;/h7-9,11-16H,5-6,10H2,1-4H3;1-7H;2*1H;/q2*-1;;;+4/p-2. The van der Waals surface area contributed by atoms with Crippen LogP contribution in [-0.4, -0.2) is 9.52 Å². The molecule has 4 heteroatoms. The molecule has 0 bridgehead atoms. The van der Waals surface area contributed by atoms with E-state index in [2.05, 4.69) is 125 Å². The fourth-order valence-electron chi connectivity index (χ4n) is 5.14. The van der Waals surface area contributed by atoms with Crippen LogP contribution in [0.5, 0.6) is 0 Å². The molecule has 0 saturated heterocycles. The van der Waals surface area contributed by atoms with Crippen molar-refractivity contribution in [3.63, 3.8) is 0 Å². The third kappa shape index (κ3) is 7.47. The van der Waals surface area contributed by atoms with Crippen LogP contribution in [0.3, 0.4) is 0 Å². The normalized spacial score (nSPS) is 11.4. The molecule has 0 aliphatic carbocycles. The molecule has 0 fully saturated rings. The van der Waals surface area contributed by atoms with Crippen molar-refractivity contribution in [3.8, 4) is 22.3 Å². The Morgan fingerprint density at radius 3 is 2.28 bits per heavy atom. The minimum absolute atomic E-state index is 0.139. The molecule has 5 aromatic rings. The quantitative estimate of drug-likeness (QED) is 0.133. The van der Waals surface area contributed by atoms with Crippen LogP contribution in [0.4, 0.5) is 0 Å². The van der Waals surface area contributed by atoms with E-state index in [1.54, 1.807) is 0 Å². The maximum absolute atomic E-state index is 4.93. The van der Waals surface area contributed by atoms with Crippen LogP contribution in [0.2, 0.25) is 0 Å². The summed E-state index contributed by atoms with van der Waals surface area (Å²) in [6.45, 7) is 9.18. The Kier molecular flexibility index (Phi) is 11.0. The van der Waals surface area contributed by atoms with Crippen molar-refractivity contribution in [3.05, 3.63) is 114 Å². The maximum atomic E-state index is 4.93. The van der Waals surface area contributed by atoms with Gasteiger partial charge < -0.3 is 0 Å². The summed E-state index contributed by atoms with van der Waals surface area (Å²) >= 11 is -0.826. The van der Waals surface area contributed by atoms with Gasteiger partial charge in [0.2, 0.25) is 0 Å².